The summed E-state index contributed by atoms with van der Waals surface area (Å²) in [4.78, 5) is 18.9. The third-order valence-corrected chi connectivity index (χ3v) is 4.58. The molecule has 0 fully saturated rings. The fourth-order valence-electron chi connectivity index (χ4n) is 2.33. The van der Waals surface area contributed by atoms with Crippen molar-refractivity contribution in [2.24, 2.45) is 5.16 Å². The first-order chi connectivity index (χ1) is 13.0. The van der Waals surface area contributed by atoms with Gasteiger partial charge < -0.3 is 9.57 Å². The van der Waals surface area contributed by atoms with Crippen LogP contribution in [0.15, 0.2) is 52.1 Å². The highest BCUT2D eigenvalue weighted by atomic mass is 79.9. The van der Waals surface area contributed by atoms with E-state index in [0.29, 0.717) is 22.0 Å². The largest absolute Gasteiger partial charge is 0.452 e. The molecular weight excluding hydrogens is 432 g/mol. The minimum absolute atomic E-state index is 0.0429. The van der Waals surface area contributed by atoms with E-state index in [-0.39, 0.29) is 13.2 Å². The summed E-state index contributed by atoms with van der Waals surface area (Å²) in [5.74, 6) is 2.44. The second-order valence-electron chi connectivity index (χ2n) is 5.45. The van der Waals surface area contributed by atoms with Crippen LogP contribution in [0.1, 0.15) is 18.1 Å². The van der Waals surface area contributed by atoms with Gasteiger partial charge in [-0.3, -0.25) is 4.90 Å². The van der Waals surface area contributed by atoms with Crippen molar-refractivity contribution >= 4 is 45.0 Å². The summed E-state index contributed by atoms with van der Waals surface area (Å²) in [6, 6.07) is 12.9. The predicted octanol–water partition coefficient (Wildman–Crippen LogP) is 5.25. The van der Waals surface area contributed by atoms with Crippen LogP contribution in [-0.4, -0.2) is 25.5 Å². The van der Waals surface area contributed by atoms with Crippen molar-refractivity contribution in [2.45, 2.75) is 13.5 Å². The van der Waals surface area contributed by atoms with E-state index in [1.165, 1.54) is 12.0 Å². The number of terminal acetylenes is 1. The van der Waals surface area contributed by atoms with Gasteiger partial charge in [0, 0.05) is 15.1 Å². The smallest absolute Gasteiger partial charge is 0.414 e. The predicted molar refractivity (Wildman–Crippen MR) is 111 cm³/mol. The Kier molecular flexibility index (Phi) is 7.71. The number of anilines is 1. The molecule has 0 spiro atoms. The van der Waals surface area contributed by atoms with Crippen LogP contribution in [0, 0.1) is 12.3 Å². The van der Waals surface area contributed by atoms with E-state index >= 15 is 0 Å². The molecule has 140 valence electrons. The molecule has 0 radical (unpaired) electrons. The van der Waals surface area contributed by atoms with Crippen LogP contribution in [0.4, 0.5) is 10.5 Å². The molecular formula is C20H18BrClN2O3. The molecule has 7 heteroatoms. The SMILES string of the molecule is C#CCN(C(=O)OC)c1cccc(Cl)c1CO/N=C(\C)c1ccc(Br)cc1. The molecule has 2 aromatic carbocycles. The van der Waals surface area contributed by atoms with Crippen molar-refractivity contribution in [1.29, 1.82) is 0 Å². The first-order valence-corrected chi connectivity index (χ1v) is 9.13. The van der Waals surface area contributed by atoms with Crippen LogP contribution < -0.4 is 4.90 Å². The maximum atomic E-state index is 12.1. The summed E-state index contributed by atoms with van der Waals surface area (Å²) in [5.41, 5.74) is 2.75. The lowest BCUT2D eigenvalue weighted by atomic mass is 10.1. The molecule has 1 amide bonds. The fourth-order valence-corrected chi connectivity index (χ4v) is 2.82. The van der Waals surface area contributed by atoms with Crippen molar-refractivity contribution in [3.63, 3.8) is 0 Å². The number of benzene rings is 2. The highest BCUT2D eigenvalue weighted by Crippen LogP contribution is 2.29. The lowest BCUT2D eigenvalue weighted by Gasteiger charge is -2.22. The molecule has 0 heterocycles. The molecule has 0 aliphatic heterocycles. The number of ether oxygens (including phenoxy) is 1. The molecule has 0 saturated carbocycles. The average Bonchev–Trinajstić information content (AvgIpc) is 2.67. The second-order valence-corrected chi connectivity index (χ2v) is 6.78. The van der Waals surface area contributed by atoms with Crippen molar-refractivity contribution in [3.05, 3.63) is 63.1 Å². The fraction of sp³-hybridized carbons (Fsp3) is 0.200. The summed E-state index contributed by atoms with van der Waals surface area (Å²) in [6.45, 7) is 1.96. The molecule has 27 heavy (non-hydrogen) atoms. The Balaban J connectivity index is 2.23. The Morgan fingerprint density at radius 1 is 1.30 bits per heavy atom. The quantitative estimate of drug-likeness (QED) is 0.344. The Bertz CT molecular complexity index is 876. The summed E-state index contributed by atoms with van der Waals surface area (Å²) in [7, 11) is 1.29. The van der Waals surface area contributed by atoms with Gasteiger partial charge in [-0.15, -0.1) is 6.42 Å². The minimum atomic E-state index is -0.578. The first-order valence-electron chi connectivity index (χ1n) is 7.96. The zero-order valence-corrected chi connectivity index (χ0v) is 17.3. The number of rotatable bonds is 6. The molecule has 0 aliphatic carbocycles. The molecule has 0 saturated heterocycles. The number of methoxy groups -OCH3 is 1. The van der Waals surface area contributed by atoms with Gasteiger partial charge >= 0.3 is 6.09 Å². The maximum absolute atomic E-state index is 12.1. The van der Waals surface area contributed by atoms with Gasteiger partial charge in [0.1, 0.15) is 6.61 Å². The van der Waals surface area contributed by atoms with E-state index in [9.17, 15) is 4.79 Å². The van der Waals surface area contributed by atoms with Gasteiger partial charge in [-0.05, 0) is 36.8 Å². The monoisotopic (exact) mass is 448 g/mol. The van der Waals surface area contributed by atoms with Gasteiger partial charge in [-0.25, -0.2) is 4.79 Å². The molecule has 5 nitrogen and oxygen atoms in total. The summed E-state index contributed by atoms with van der Waals surface area (Å²) in [6.07, 6.45) is 4.80. The van der Waals surface area contributed by atoms with Crippen LogP contribution in [0.25, 0.3) is 0 Å². The first kappa shape index (κ1) is 20.8. The van der Waals surface area contributed by atoms with E-state index in [2.05, 4.69) is 27.0 Å². The Hall–Kier alpha value is -2.49. The molecule has 0 aliphatic rings. The number of oxime groups is 1. The summed E-state index contributed by atoms with van der Waals surface area (Å²) in [5, 5.41) is 4.58. The van der Waals surface area contributed by atoms with E-state index in [1.807, 2.05) is 31.2 Å². The van der Waals surface area contributed by atoms with Crippen LogP contribution in [0.2, 0.25) is 5.02 Å². The summed E-state index contributed by atoms with van der Waals surface area (Å²) >= 11 is 9.70. The summed E-state index contributed by atoms with van der Waals surface area (Å²) < 4.78 is 5.78. The third kappa shape index (κ3) is 5.49. The van der Waals surface area contributed by atoms with E-state index in [4.69, 9.17) is 27.6 Å². The van der Waals surface area contributed by atoms with Crippen molar-refractivity contribution < 1.29 is 14.4 Å². The van der Waals surface area contributed by atoms with Gasteiger partial charge in [0.25, 0.3) is 0 Å². The molecule has 0 unspecified atom stereocenters. The highest BCUT2D eigenvalue weighted by molar-refractivity contribution is 9.10. The number of carbonyl (C=O) groups excluding carboxylic acids is 1. The Morgan fingerprint density at radius 3 is 2.63 bits per heavy atom. The number of halogens is 2. The zero-order valence-electron chi connectivity index (χ0n) is 14.9. The number of nitrogens with zero attached hydrogens (tertiary/aromatic N) is 2. The Labute approximate surface area is 172 Å². The lowest BCUT2D eigenvalue weighted by molar-refractivity contribution is 0.130. The van der Waals surface area contributed by atoms with Gasteiger partial charge in [0.15, 0.2) is 0 Å². The van der Waals surface area contributed by atoms with Gasteiger partial charge in [-0.1, -0.05) is 56.8 Å². The van der Waals surface area contributed by atoms with E-state index in [0.717, 1.165) is 10.0 Å². The molecule has 0 N–H and O–H groups in total. The van der Waals surface area contributed by atoms with Crippen LogP contribution >= 0.6 is 27.5 Å². The Morgan fingerprint density at radius 2 is 2.00 bits per heavy atom. The number of carbonyl (C=O) groups is 1. The van der Waals surface area contributed by atoms with Crippen LogP contribution in [0.3, 0.4) is 0 Å². The number of hydrogen-bond acceptors (Lipinski definition) is 4. The topological polar surface area (TPSA) is 51.1 Å². The molecule has 2 rings (SSSR count). The molecule has 0 bridgehead atoms. The molecule has 0 atom stereocenters. The maximum Gasteiger partial charge on any atom is 0.414 e. The average molecular weight is 450 g/mol. The minimum Gasteiger partial charge on any atom is -0.452 e. The third-order valence-electron chi connectivity index (χ3n) is 3.70. The number of hydrogen-bond donors (Lipinski definition) is 0. The number of amides is 1. The van der Waals surface area contributed by atoms with Gasteiger partial charge in [0.2, 0.25) is 0 Å². The standard InChI is InChI=1S/C20H18BrClN2O3/c1-4-12-24(20(25)26-3)19-7-5-6-18(22)17(19)13-27-23-14(2)15-8-10-16(21)11-9-15/h1,5-11H,12-13H2,2-3H3/b23-14+. The van der Waals surface area contributed by atoms with Crippen LogP contribution in [0.5, 0.6) is 0 Å². The molecule has 0 aromatic heterocycles. The zero-order chi connectivity index (χ0) is 19.8. The van der Waals surface area contributed by atoms with Crippen LogP contribution in [-0.2, 0) is 16.2 Å². The van der Waals surface area contributed by atoms with E-state index in [1.54, 1.807) is 18.2 Å². The van der Waals surface area contributed by atoms with Gasteiger partial charge in [-0.2, -0.15) is 0 Å². The van der Waals surface area contributed by atoms with Gasteiger partial charge in [0.05, 0.1) is 25.1 Å². The van der Waals surface area contributed by atoms with Crippen molar-refractivity contribution in [2.75, 3.05) is 18.6 Å². The second kappa shape index (κ2) is 10.0. The van der Waals surface area contributed by atoms with Crippen molar-refractivity contribution in [1.82, 2.24) is 0 Å². The normalized spacial score (nSPS) is 10.9. The highest BCUT2D eigenvalue weighted by Gasteiger charge is 2.20. The molecule has 2 aromatic rings. The van der Waals surface area contributed by atoms with Crippen molar-refractivity contribution in [3.8, 4) is 12.3 Å². The lowest BCUT2D eigenvalue weighted by Crippen LogP contribution is -2.32. The van der Waals surface area contributed by atoms with E-state index < -0.39 is 6.09 Å².